The number of rotatable bonds is 4. The van der Waals surface area contributed by atoms with E-state index in [0.29, 0.717) is 0 Å². The van der Waals surface area contributed by atoms with Crippen LogP contribution in [0.15, 0.2) is 24.3 Å². The summed E-state index contributed by atoms with van der Waals surface area (Å²) < 4.78 is 0. The summed E-state index contributed by atoms with van der Waals surface area (Å²) in [5.41, 5.74) is 2.23. The second-order valence-corrected chi connectivity index (χ2v) is 5.49. The lowest BCUT2D eigenvalue weighted by Gasteiger charge is -2.27. The molecule has 19 heavy (non-hydrogen) atoms. The molecule has 102 valence electrons. The lowest BCUT2D eigenvalue weighted by molar-refractivity contribution is -0.117. The first-order valence-electron chi connectivity index (χ1n) is 7.14. The molecule has 1 saturated heterocycles. The zero-order valence-electron chi connectivity index (χ0n) is 11.2. The maximum absolute atomic E-state index is 11.7. The van der Waals surface area contributed by atoms with Crippen molar-refractivity contribution in [2.45, 2.75) is 19.4 Å². The molecule has 1 aliphatic carbocycles. The predicted molar refractivity (Wildman–Crippen MR) is 75.9 cm³/mol. The molecule has 0 unspecified atom stereocenters. The van der Waals surface area contributed by atoms with Gasteiger partial charge in [0.2, 0.25) is 5.91 Å². The number of nitrogens with one attached hydrogen (secondary N) is 2. The van der Waals surface area contributed by atoms with Crippen molar-refractivity contribution in [2.24, 2.45) is 5.92 Å². The van der Waals surface area contributed by atoms with Gasteiger partial charge in [0.25, 0.3) is 0 Å². The molecule has 3 rings (SSSR count). The fraction of sp³-hybridized carbons (Fsp3) is 0.533. The van der Waals surface area contributed by atoms with Crippen LogP contribution in [0.4, 0.5) is 5.69 Å². The van der Waals surface area contributed by atoms with E-state index >= 15 is 0 Å². The summed E-state index contributed by atoms with van der Waals surface area (Å²) >= 11 is 0. The van der Waals surface area contributed by atoms with E-state index in [1.165, 1.54) is 5.56 Å². The van der Waals surface area contributed by atoms with Crippen LogP contribution >= 0.6 is 0 Å². The van der Waals surface area contributed by atoms with Crippen LogP contribution < -0.4 is 10.6 Å². The zero-order chi connectivity index (χ0) is 13.1. The summed E-state index contributed by atoms with van der Waals surface area (Å²) in [6.07, 6.45) is 2.10. The molecule has 1 amide bonds. The fourth-order valence-corrected chi connectivity index (χ4v) is 2.41. The van der Waals surface area contributed by atoms with Crippen molar-refractivity contribution in [3.8, 4) is 0 Å². The smallest absolute Gasteiger partial charge is 0.227 e. The van der Waals surface area contributed by atoms with Crippen molar-refractivity contribution in [2.75, 3.05) is 31.5 Å². The minimum Gasteiger partial charge on any atom is -0.326 e. The molecule has 1 aromatic rings. The summed E-state index contributed by atoms with van der Waals surface area (Å²) in [6.45, 7) is 5.38. The van der Waals surface area contributed by atoms with Gasteiger partial charge >= 0.3 is 0 Å². The molecule has 2 aliphatic rings. The monoisotopic (exact) mass is 259 g/mol. The van der Waals surface area contributed by atoms with Crippen LogP contribution in [-0.4, -0.2) is 37.0 Å². The largest absolute Gasteiger partial charge is 0.326 e. The molecule has 2 N–H and O–H groups in total. The summed E-state index contributed by atoms with van der Waals surface area (Å²) in [4.78, 5) is 14.1. The Kier molecular flexibility index (Phi) is 3.80. The maximum atomic E-state index is 11.7. The van der Waals surface area contributed by atoms with E-state index in [1.54, 1.807) is 0 Å². The van der Waals surface area contributed by atoms with Gasteiger partial charge in [-0.05, 0) is 30.5 Å². The molecule has 4 heteroatoms. The molecule has 1 aliphatic heterocycles. The van der Waals surface area contributed by atoms with Gasteiger partial charge < -0.3 is 10.6 Å². The topological polar surface area (TPSA) is 44.4 Å². The Labute approximate surface area is 114 Å². The van der Waals surface area contributed by atoms with Crippen molar-refractivity contribution in [1.82, 2.24) is 10.2 Å². The van der Waals surface area contributed by atoms with Crippen LogP contribution in [0.25, 0.3) is 0 Å². The van der Waals surface area contributed by atoms with Crippen molar-refractivity contribution in [1.29, 1.82) is 0 Å². The van der Waals surface area contributed by atoms with E-state index in [9.17, 15) is 4.79 Å². The normalized spacial score (nSPS) is 20.2. The van der Waals surface area contributed by atoms with Crippen molar-refractivity contribution in [3.63, 3.8) is 0 Å². The number of piperazine rings is 1. The molecule has 0 atom stereocenters. The Hall–Kier alpha value is -1.39. The van der Waals surface area contributed by atoms with Gasteiger partial charge in [-0.15, -0.1) is 0 Å². The third-order valence-electron chi connectivity index (χ3n) is 3.79. The zero-order valence-corrected chi connectivity index (χ0v) is 11.2. The number of carbonyl (C=O) groups excluding carboxylic acids is 1. The minimum absolute atomic E-state index is 0.176. The molecule has 1 aromatic carbocycles. The number of anilines is 1. The Morgan fingerprint density at radius 1 is 1.21 bits per heavy atom. The third kappa shape index (κ3) is 3.55. The Morgan fingerprint density at radius 3 is 2.53 bits per heavy atom. The van der Waals surface area contributed by atoms with Crippen molar-refractivity contribution in [3.05, 3.63) is 29.8 Å². The maximum Gasteiger partial charge on any atom is 0.227 e. The van der Waals surface area contributed by atoms with E-state index in [1.807, 2.05) is 12.1 Å². The van der Waals surface area contributed by atoms with E-state index in [4.69, 9.17) is 0 Å². The van der Waals surface area contributed by atoms with Gasteiger partial charge in [0.1, 0.15) is 0 Å². The predicted octanol–water partition coefficient (Wildman–Crippen LogP) is 1.44. The highest BCUT2D eigenvalue weighted by molar-refractivity contribution is 5.93. The number of hydrogen-bond acceptors (Lipinski definition) is 3. The van der Waals surface area contributed by atoms with Crippen LogP contribution in [-0.2, 0) is 11.3 Å². The average molecular weight is 259 g/mol. The highest BCUT2D eigenvalue weighted by Gasteiger charge is 2.29. The van der Waals surface area contributed by atoms with Crippen LogP contribution in [0.5, 0.6) is 0 Å². The Morgan fingerprint density at radius 2 is 1.89 bits per heavy atom. The Balaban J connectivity index is 1.54. The highest BCUT2D eigenvalue weighted by Crippen LogP contribution is 2.30. The molecule has 0 radical (unpaired) electrons. The minimum atomic E-state index is 0.176. The molecule has 4 nitrogen and oxygen atoms in total. The quantitative estimate of drug-likeness (QED) is 0.860. The summed E-state index contributed by atoms with van der Waals surface area (Å²) in [5, 5.41) is 6.33. The van der Waals surface area contributed by atoms with Gasteiger partial charge in [-0.25, -0.2) is 0 Å². The summed E-state index contributed by atoms with van der Waals surface area (Å²) in [7, 11) is 0. The van der Waals surface area contributed by atoms with E-state index in [0.717, 1.165) is 51.3 Å². The van der Waals surface area contributed by atoms with Gasteiger partial charge in [0.15, 0.2) is 0 Å². The lowest BCUT2D eigenvalue weighted by Crippen LogP contribution is -2.42. The molecule has 2 fully saturated rings. The second-order valence-electron chi connectivity index (χ2n) is 5.49. The molecule has 0 aromatic heterocycles. The van der Waals surface area contributed by atoms with Gasteiger partial charge in [-0.1, -0.05) is 12.1 Å². The van der Waals surface area contributed by atoms with E-state index < -0.39 is 0 Å². The van der Waals surface area contributed by atoms with Gasteiger partial charge in [-0.3, -0.25) is 9.69 Å². The van der Waals surface area contributed by atoms with Gasteiger partial charge in [-0.2, -0.15) is 0 Å². The number of hydrogen-bond donors (Lipinski definition) is 2. The molecular formula is C15H21N3O. The fourth-order valence-electron chi connectivity index (χ4n) is 2.41. The van der Waals surface area contributed by atoms with Gasteiger partial charge in [0.05, 0.1) is 0 Å². The van der Waals surface area contributed by atoms with Crippen molar-refractivity contribution >= 4 is 11.6 Å². The summed E-state index contributed by atoms with van der Waals surface area (Å²) in [5.74, 6) is 0.440. The van der Waals surface area contributed by atoms with Crippen molar-refractivity contribution < 1.29 is 4.79 Å². The second kappa shape index (κ2) is 5.72. The van der Waals surface area contributed by atoms with Crippen LogP contribution in [0.3, 0.4) is 0 Å². The number of benzene rings is 1. The standard InChI is InChI=1S/C15H21N3O/c19-15(13-3-4-13)17-14-5-1-12(2-6-14)11-18-9-7-16-8-10-18/h1-2,5-6,13,16H,3-4,7-11H2,(H,17,19). The van der Waals surface area contributed by atoms with Crippen LogP contribution in [0.1, 0.15) is 18.4 Å². The third-order valence-corrected chi connectivity index (χ3v) is 3.79. The molecule has 0 bridgehead atoms. The molecular weight excluding hydrogens is 238 g/mol. The van der Waals surface area contributed by atoms with E-state index in [2.05, 4.69) is 27.7 Å². The number of carbonyl (C=O) groups is 1. The van der Waals surface area contributed by atoms with Gasteiger partial charge in [0, 0.05) is 44.3 Å². The summed E-state index contributed by atoms with van der Waals surface area (Å²) in [6, 6.07) is 8.25. The Bertz CT molecular complexity index is 433. The molecule has 1 saturated carbocycles. The highest BCUT2D eigenvalue weighted by atomic mass is 16.2. The first kappa shape index (κ1) is 12.6. The molecule has 0 spiro atoms. The van der Waals surface area contributed by atoms with Crippen LogP contribution in [0.2, 0.25) is 0 Å². The van der Waals surface area contributed by atoms with Crippen LogP contribution in [0, 0.1) is 5.92 Å². The number of amides is 1. The van der Waals surface area contributed by atoms with E-state index in [-0.39, 0.29) is 11.8 Å². The molecule has 1 heterocycles. The average Bonchev–Trinajstić information content (AvgIpc) is 3.27. The SMILES string of the molecule is O=C(Nc1ccc(CN2CCNCC2)cc1)C1CC1. The number of nitrogens with zero attached hydrogens (tertiary/aromatic N) is 1. The lowest BCUT2D eigenvalue weighted by atomic mass is 10.2. The first-order chi connectivity index (χ1) is 9.31. The first-order valence-corrected chi connectivity index (χ1v) is 7.14.